The lowest BCUT2D eigenvalue weighted by molar-refractivity contribution is 0.313. The summed E-state index contributed by atoms with van der Waals surface area (Å²) in [5, 5.41) is 0.882. The third-order valence-corrected chi connectivity index (χ3v) is 6.08. The van der Waals surface area contributed by atoms with Crippen molar-refractivity contribution in [3.63, 3.8) is 0 Å². The fourth-order valence-electron chi connectivity index (χ4n) is 3.22. The third kappa shape index (κ3) is 3.27. The van der Waals surface area contributed by atoms with E-state index in [1.54, 1.807) is 42.7 Å². The minimum absolute atomic E-state index is 0.244. The van der Waals surface area contributed by atoms with E-state index in [2.05, 4.69) is 21.6 Å². The monoisotopic (exact) mass is 371 g/mol. The Labute approximate surface area is 153 Å². The van der Waals surface area contributed by atoms with Gasteiger partial charge in [0.1, 0.15) is 0 Å². The zero-order valence-corrected chi connectivity index (χ0v) is 15.4. The fourth-order valence-corrected chi connectivity index (χ4v) is 4.28. The SMILES string of the molecule is CN1CCN(c2cc(NS(=O)(=O)c3ccccc3)cc3ccoc23)CC1. The molecule has 0 bridgehead atoms. The minimum atomic E-state index is -3.63. The molecule has 0 aliphatic carbocycles. The quantitative estimate of drug-likeness (QED) is 0.764. The standard InChI is InChI=1S/C19H21N3O3S/c1-21-8-10-22(11-9-21)18-14-16(13-15-7-12-25-19(15)18)20-26(23,24)17-5-3-2-4-6-17/h2-7,12-14,20H,8-11H2,1H3. The Morgan fingerprint density at radius 3 is 2.46 bits per heavy atom. The van der Waals surface area contributed by atoms with Crippen molar-refractivity contribution < 1.29 is 12.8 Å². The second-order valence-corrected chi connectivity index (χ2v) is 8.23. The highest BCUT2D eigenvalue weighted by Crippen LogP contribution is 2.33. The Hall–Kier alpha value is -2.51. The summed E-state index contributed by atoms with van der Waals surface area (Å²) >= 11 is 0. The van der Waals surface area contributed by atoms with E-state index >= 15 is 0 Å². The van der Waals surface area contributed by atoms with Crippen LogP contribution in [0, 0.1) is 0 Å². The van der Waals surface area contributed by atoms with Crippen LogP contribution >= 0.6 is 0 Å². The average molecular weight is 371 g/mol. The van der Waals surface area contributed by atoms with Gasteiger partial charge in [0.05, 0.1) is 22.5 Å². The van der Waals surface area contributed by atoms with E-state index in [0.717, 1.165) is 42.8 Å². The molecule has 1 saturated heterocycles. The molecule has 136 valence electrons. The Bertz CT molecular complexity index is 1010. The molecule has 1 aromatic heterocycles. The summed E-state index contributed by atoms with van der Waals surface area (Å²) in [7, 11) is -1.53. The Morgan fingerprint density at radius 1 is 1.00 bits per heavy atom. The predicted molar refractivity (Wildman–Crippen MR) is 103 cm³/mol. The molecular formula is C19H21N3O3S. The van der Waals surface area contributed by atoms with Crippen LogP contribution in [0.4, 0.5) is 11.4 Å². The van der Waals surface area contributed by atoms with Crippen LogP contribution in [0.25, 0.3) is 11.0 Å². The van der Waals surface area contributed by atoms with Crippen molar-refractivity contribution in [2.24, 2.45) is 0 Å². The first-order valence-corrected chi connectivity index (χ1v) is 10.0. The van der Waals surface area contributed by atoms with E-state index in [9.17, 15) is 8.42 Å². The molecule has 6 nitrogen and oxygen atoms in total. The molecule has 0 spiro atoms. The topological polar surface area (TPSA) is 65.8 Å². The fraction of sp³-hybridized carbons (Fsp3) is 0.263. The maximum atomic E-state index is 12.7. The summed E-state index contributed by atoms with van der Waals surface area (Å²) in [6.45, 7) is 3.67. The molecule has 7 heteroatoms. The number of nitrogens with zero attached hydrogens (tertiary/aromatic N) is 2. The summed E-state index contributed by atoms with van der Waals surface area (Å²) < 4.78 is 33.7. The number of hydrogen-bond acceptors (Lipinski definition) is 5. The summed E-state index contributed by atoms with van der Waals surface area (Å²) in [5.74, 6) is 0. The highest BCUT2D eigenvalue weighted by atomic mass is 32.2. The van der Waals surface area contributed by atoms with Crippen molar-refractivity contribution in [2.75, 3.05) is 42.8 Å². The number of anilines is 2. The van der Waals surface area contributed by atoms with Gasteiger partial charge < -0.3 is 14.2 Å². The van der Waals surface area contributed by atoms with Gasteiger partial charge in [0.25, 0.3) is 10.0 Å². The van der Waals surface area contributed by atoms with Crippen molar-refractivity contribution in [3.05, 3.63) is 54.8 Å². The smallest absolute Gasteiger partial charge is 0.261 e. The molecule has 4 rings (SSSR count). The van der Waals surface area contributed by atoms with Crippen molar-refractivity contribution in [1.82, 2.24) is 4.90 Å². The van der Waals surface area contributed by atoms with Crippen LogP contribution < -0.4 is 9.62 Å². The Kier molecular flexibility index (Phi) is 4.34. The first-order valence-electron chi connectivity index (χ1n) is 8.55. The van der Waals surface area contributed by atoms with Crippen molar-refractivity contribution in [3.8, 4) is 0 Å². The molecule has 1 aliphatic heterocycles. The Balaban J connectivity index is 1.70. The van der Waals surface area contributed by atoms with Gasteiger partial charge in [0.15, 0.2) is 5.58 Å². The molecular weight excluding hydrogens is 350 g/mol. The molecule has 2 heterocycles. The van der Waals surface area contributed by atoms with Gasteiger partial charge in [-0.2, -0.15) is 0 Å². The van der Waals surface area contributed by atoms with Crippen LogP contribution in [0.1, 0.15) is 0 Å². The van der Waals surface area contributed by atoms with Crippen LogP contribution in [-0.4, -0.2) is 46.5 Å². The third-order valence-electron chi connectivity index (χ3n) is 4.68. The Morgan fingerprint density at radius 2 is 1.73 bits per heavy atom. The maximum Gasteiger partial charge on any atom is 0.261 e. The number of furan rings is 1. The van der Waals surface area contributed by atoms with E-state index in [1.165, 1.54) is 0 Å². The van der Waals surface area contributed by atoms with Crippen molar-refractivity contribution >= 4 is 32.4 Å². The van der Waals surface area contributed by atoms with E-state index in [1.807, 2.05) is 12.1 Å². The van der Waals surface area contributed by atoms with E-state index in [0.29, 0.717) is 5.69 Å². The first-order chi connectivity index (χ1) is 12.5. The van der Waals surface area contributed by atoms with Crippen LogP contribution in [0.15, 0.2) is 64.1 Å². The molecule has 2 aromatic carbocycles. The van der Waals surface area contributed by atoms with Gasteiger partial charge in [-0.25, -0.2) is 8.42 Å². The largest absolute Gasteiger partial charge is 0.462 e. The molecule has 3 aromatic rings. The predicted octanol–water partition coefficient (Wildman–Crippen LogP) is 2.99. The lowest BCUT2D eigenvalue weighted by Crippen LogP contribution is -2.44. The highest BCUT2D eigenvalue weighted by Gasteiger charge is 2.20. The van der Waals surface area contributed by atoms with Crippen LogP contribution in [0.2, 0.25) is 0 Å². The molecule has 1 N–H and O–H groups in total. The summed E-state index contributed by atoms with van der Waals surface area (Å²) in [6.07, 6.45) is 1.64. The van der Waals surface area contributed by atoms with Gasteiger partial charge in [-0.3, -0.25) is 4.72 Å². The molecule has 0 amide bonds. The lowest BCUT2D eigenvalue weighted by atomic mass is 10.1. The van der Waals surface area contributed by atoms with Crippen molar-refractivity contribution in [2.45, 2.75) is 4.90 Å². The molecule has 1 aliphatic rings. The van der Waals surface area contributed by atoms with Gasteiger partial charge in [0, 0.05) is 31.6 Å². The van der Waals surface area contributed by atoms with Crippen LogP contribution in [0.3, 0.4) is 0 Å². The molecule has 0 atom stereocenters. The molecule has 26 heavy (non-hydrogen) atoms. The second-order valence-electron chi connectivity index (χ2n) is 6.54. The zero-order valence-electron chi connectivity index (χ0n) is 14.6. The molecule has 0 unspecified atom stereocenters. The van der Waals surface area contributed by atoms with Crippen LogP contribution in [-0.2, 0) is 10.0 Å². The van der Waals surface area contributed by atoms with E-state index in [-0.39, 0.29) is 4.90 Å². The number of hydrogen-bond donors (Lipinski definition) is 1. The van der Waals surface area contributed by atoms with Crippen molar-refractivity contribution in [1.29, 1.82) is 0 Å². The second kappa shape index (κ2) is 6.66. The summed E-state index contributed by atoms with van der Waals surface area (Å²) in [6, 6.07) is 13.9. The summed E-state index contributed by atoms with van der Waals surface area (Å²) in [5.41, 5.74) is 2.25. The number of fused-ring (bicyclic) bond motifs is 1. The first kappa shape index (κ1) is 16.9. The zero-order chi connectivity index (χ0) is 18.1. The maximum absolute atomic E-state index is 12.7. The van der Waals surface area contributed by atoms with Gasteiger partial charge in [0.2, 0.25) is 0 Å². The van der Waals surface area contributed by atoms with Crippen LogP contribution in [0.5, 0.6) is 0 Å². The minimum Gasteiger partial charge on any atom is -0.462 e. The molecule has 1 fully saturated rings. The lowest BCUT2D eigenvalue weighted by Gasteiger charge is -2.34. The number of likely N-dealkylation sites (N-methyl/N-ethyl adjacent to an activating group) is 1. The normalized spacial score (nSPS) is 16.1. The summed E-state index contributed by atoms with van der Waals surface area (Å²) in [4.78, 5) is 4.76. The molecule has 0 radical (unpaired) electrons. The van der Waals surface area contributed by atoms with Gasteiger partial charge in [-0.05, 0) is 37.4 Å². The number of piperazine rings is 1. The number of rotatable bonds is 4. The van der Waals surface area contributed by atoms with Gasteiger partial charge in [-0.1, -0.05) is 18.2 Å². The van der Waals surface area contributed by atoms with E-state index < -0.39 is 10.0 Å². The van der Waals surface area contributed by atoms with Gasteiger partial charge >= 0.3 is 0 Å². The van der Waals surface area contributed by atoms with E-state index in [4.69, 9.17) is 4.42 Å². The van der Waals surface area contributed by atoms with Gasteiger partial charge in [-0.15, -0.1) is 0 Å². The number of benzene rings is 2. The highest BCUT2D eigenvalue weighted by molar-refractivity contribution is 7.92. The number of nitrogens with one attached hydrogen (secondary N) is 1. The number of sulfonamides is 1. The molecule has 0 saturated carbocycles. The average Bonchev–Trinajstić information content (AvgIpc) is 3.11.